The number of aryl methyl sites for hydroxylation is 1. The average Bonchev–Trinajstić information content (AvgIpc) is 3.30. The van der Waals surface area contributed by atoms with Gasteiger partial charge in [0.1, 0.15) is 11.9 Å². The number of aromatic nitrogens is 2. The predicted octanol–water partition coefficient (Wildman–Crippen LogP) is 1.88. The summed E-state index contributed by atoms with van der Waals surface area (Å²) in [6.07, 6.45) is 3.62. The van der Waals surface area contributed by atoms with Gasteiger partial charge in [-0.05, 0) is 23.3 Å². The third kappa shape index (κ3) is 4.15. The number of morpholine rings is 1. The molecule has 1 aromatic heterocycles. The highest BCUT2D eigenvalue weighted by Gasteiger charge is 2.38. The van der Waals surface area contributed by atoms with Crippen molar-refractivity contribution < 1.29 is 13.9 Å². The Bertz CT molecular complexity index is 782. The lowest BCUT2D eigenvalue weighted by Crippen LogP contribution is -2.46. The number of carbonyl (C=O) groups is 1. The van der Waals surface area contributed by atoms with Gasteiger partial charge in [-0.25, -0.2) is 4.39 Å². The second-order valence-corrected chi connectivity index (χ2v) is 7.01. The Kier molecular flexibility index (Phi) is 6.14. The van der Waals surface area contributed by atoms with Crippen LogP contribution < -0.4 is 5.32 Å². The van der Waals surface area contributed by atoms with Crippen molar-refractivity contribution in [3.05, 3.63) is 53.6 Å². The molecule has 4 rings (SSSR count). The first kappa shape index (κ1) is 19.8. The summed E-state index contributed by atoms with van der Waals surface area (Å²) in [7, 11) is 1.89. The zero-order chi connectivity index (χ0) is 18.1. The van der Waals surface area contributed by atoms with E-state index in [1.165, 1.54) is 12.1 Å². The molecule has 146 valence electrons. The number of carbonyl (C=O) groups excluding carboxylic acids is 1. The topological polar surface area (TPSA) is 59.4 Å². The molecule has 2 aromatic rings. The Balaban J connectivity index is 0.00000210. The van der Waals surface area contributed by atoms with Crippen LogP contribution in [0.15, 0.2) is 36.7 Å². The molecule has 27 heavy (non-hydrogen) atoms. The van der Waals surface area contributed by atoms with Crippen molar-refractivity contribution in [1.82, 2.24) is 20.0 Å². The van der Waals surface area contributed by atoms with Gasteiger partial charge in [-0.3, -0.25) is 9.48 Å². The van der Waals surface area contributed by atoms with Crippen molar-refractivity contribution in [2.45, 2.75) is 12.0 Å². The Morgan fingerprint density at radius 2 is 2.04 bits per heavy atom. The van der Waals surface area contributed by atoms with Gasteiger partial charge in [0.25, 0.3) is 0 Å². The summed E-state index contributed by atoms with van der Waals surface area (Å²) < 4.78 is 20.7. The van der Waals surface area contributed by atoms with Crippen LogP contribution in [0, 0.1) is 11.7 Å². The fourth-order valence-corrected chi connectivity index (χ4v) is 3.88. The summed E-state index contributed by atoms with van der Waals surface area (Å²) in [5, 5.41) is 7.58. The molecule has 1 unspecified atom stereocenters. The molecule has 2 aliphatic rings. The smallest absolute Gasteiger partial charge is 0.227 e. The van der Waals surface area contributed by atoms with Gasteiger partial charge >= 0.3 is 0 Å². The highest BCUT2D eigenvalue weighted by atomic mass is 35.5. The van der Waals surface area contributed by atoms with E-state index in [4.69, 9.17) is 4.74 Å². The number of benzene rings is 1. The van der Waals surface area contributed by atoms with Gasteiger partial charge in [0.05, 0.1) is 25.3 Å². The third-order valence-electron chi connectivity index (χ3n) is 5.30. The number of hydrogen-bond donors (Lipinski definition) is 1. The number of nitrogens with one attached hydrogen (secondary N) is 1. The molecular weight excluding hydrogens is 371 g/mol. The first-order valence-electron chi connectivity index (χ1n) is 8.97. The highest BCUT2D eigenvalue weighted by Crippen LogP contribution is 2.31. The monoisotopic (exact) mass is 394 g/mol. The molecule has 3 atom stereocenters. The quantitative estimate of drug-likeness (QED) is 0.863. The van der Waals surface area contributed by atoms with E-state index in [0.717, 1.165) is 17.7 Å². The highest BCUT2D eigenvalue weighted by molar-refractivity contribution is 5.85. The van der Waals surface area contributed by atoms with Crippen molar-refractivity contribution in [1.29, 1.82) is 0 Å². The summed E-state index contributed by atoms with van der Waals surface area (Å²) in [4.78, 5) is 15.1. The molecule has 0 spiro atoms. The van der Waals surface area contributed by atoms with Crippen LogP contribution in [0.25, 0.3) is 0 Å². The molecule has 0 saturated carbocycles. The van der Waals surface area contributed by atoms with Crippen LogP contribution in [0.5, 0.6) is 0 Å². The third-order valence-corrected chi connectivity index (χ3v) is 5.30. The number of nitrogens with zero attached hydrogens (tertiary/aromatic N) is 3. The molecule has 0 radical (unpaired) electrons. The fourth-order valence-electron chi connectivity index (χ4n) is 3.88. The van der Waals surface area contributed by atoms with Crippen LogP contribution in [0.3, 0.4) is 0 Å². The molecular formula is C19H24ClFN4O2. The summed E-state index contributed by atoms with van der Waals surface area (Å²) in [6, 6.07) is 6.31. The van der Waals surface area contributed by atoms with Crippen molar-refractivity contribution in [3.8, 4) is 0 Å². The lowest BCUT2D eigenvalue weighted by molar-refractivity contribution is -0.143. The lowest BCUT2D eigenvalue weighted by Gasteiger charge is -2.35. The Labute approximate surface area is 164 Å². The fraction of sp³-hybridized carbons (Fsp3) is 0.474. The SMILES string of the molecule is Cl.Cn1cc([C@H]2CNC[C@@H]2C(=O)N2CCOC(c3ccc(F)cc3)C2)cn1. The summed E-state index contributed by atoms with van der Waals surface area (Å²) >= 11 is 0. The number of hydrogen-bond acceptors (Lipinski definition) is 4. The maximum Gasteiger partial charge on any atom is 0.227 e. The maximum atomic E-state index is 13.2. The van der Waals surface area contributed by atoms with Crippen molar-refractivity contribution in [3.63, 3.8) is 0 Å². The van der Waals surface area contributed by atoms with E-state index in [2.05, 4.69) is 10.4 Å². The molecule has 2 saturated heterocycles. The molecule has 1 amide bonds. The van der Waals surface area contributed by atoms with Gasteiger partial charge < -0.3 is 15.0 Å². The number of amides is 1. The average molecular weight is 395 g/mol. The van der Waals surface area contributed by atoms with E-state index in [9.17, 15) is 9.18 Å². The molecule has 0 bridgehead atoms. The van der Waals surface area contributed by atoms with Gasteiger partial charge in [-0.2, -0.15) is 5.10 Å². The van der Waals surface area contributed by atoms with Gasteiger partial charge in [-0.1, -0.05) is 12.1 Å². The van der Waals surface area contributed by atoms with Gasteiger partial charge in [-0.15, -0.1) is 12.4 Å². The molecule has 3 heterocycles. The Hall–Kier alpha value is -1.96. The summed E-state index contributed by atoms with van der Waals surface area (Å²) in [5.41, 5.74) is 2.00. The van der Waals surface area contributed by atoms with E-state index < -0.39 is 0 Å². The minimum atomic E-state index is -0.270. The van der Waals surface area contributed by atoms with Crippen molar-refractivity contribution >= 4 is 18.3 Å². The van der Waals surface area contributed by atoms with Crippen LogP contribution in [0.2, 0.25) is 0 Å². The maximum absolute atomic E-state index is 13.2. The minimum absolute atomic E-state index is 0. The largest absolute Gasteiger partial charge is 0.370 e. The molecule has 1 N–H and O–H groups in total. The first-order chi connectivity index (χ1) is 12.6. The lowest BCUT2D eigenvalue weighted by atomic mass is 9.89. The second kappa shape index (κ2) is 8.37. The molecule has 8 heteroatoms. The zero-order valence-electron chi connectivity index (χ0n) is 15.2. The molecule has 0 aliphatic carbocycles. The molecule has 2 fully saturated rings. The van der Waals surface area contributed by atoms with Crippen molar-refractivity contribution in [2.75, 3.05) is 32.8 Å². The summed E-state index contributed by atoms with van der Waals surface area (Å²) in [5.74, 6) is -0.0671. The van der Waals surface area contributed by atoms with Crippen LogP contribution in [-0.2, 0) is 16.6 Å². The van der Waals surface area contributed by atoms with E-state index >= 15 is 0 Å². The zero-order valence-corrected chi connectivity index (χ0v) is 16.0. The summed E-state index contributed by atoms with van der Waals surface area (Å²) in [6.45, 7) is 3.05. The van der Waals surface area contributed by atoms with Crippen LogP contribution >= 0.6 is 12.4 Å². The van der Waals surface area contributed by atoms with Gasteiger partial charge in [0.15, 0.2) is 0 Å². The number of ether oxygens (including phenoxy) is 1. The van der Waals surface area contributed by atoms with E-state index in [1.54, 1.807) is 16.8 Å². The van der Waals surface area contributed by atoms with E-state index in [1.807, 2.05) is 24.3 Å². The number of rotatable bonds is 3. The predicted molar refractivity (Wildman–Crippen MR) is 101 cm³/mol. The van der Waals surface area contributed by atoms with Crippen molar-refractivity contribution in [2.24, 2.45) is 13.0 Å². The van der Waals surface area contributed by atoms with Crippen LogP contribution in [-0.4, -0.2) is 53.4 Å². The molecule has 1 aromatic carbocycles. The van der Waals surface area contributed by atoms with Crippen LogP contribution in [0.1, 0.15) is 23.1 Å². The normalized spacial score (nSPS) is 25.3. The molecule has 2 aliphatic heterocycles. The van der Waals surface area contributed by atoms with E-state index in [0.29, 0.717) is 26.2 Å². The Morgan fingerprint density at radius 1 is 1.26 bits per heavy atom. The van der Waals surface area contributed by atoms with Gasteiger partial charge in [0, 0.05) is 38.8 Å². The Morgan fingerprint density at radius 3 is 2.74 bits per heavy atom. The van der Waals surface area contributed by atoms with E-state index in [-0.39, 0.29) is 42.1 Å². The standard InChI is InChI=1S/C19H23FN4O2.ClH/c1-23-11-14(8-22-23)16-9-21-10-17(16)19(25)24-6-7-26-18(12-24)13-2-4-15(20)5-3-13;/h2-5,8,11,16-18,21H,6-7,9-10,12H2,1H3;1H/t16-,17+,18?;/m1./s1. The van der Waals surface area contributed by atoms with Crippen LogP contribution in [0.4, 0.5) is 4.39 Å². The van der Waals surface area contributed by atoms with Gasteiger partial charge in [0.2, 0.25) is 5.91 Å². The minimum Gasteiger partial charge on any atom is -0.370 e. The molecule has 6 nitrogen and oxygen atoms in total. The number of halogens is 2. The first-order valence-corrected chi connectivity index (χ1v) is 8.97. The second-order valence-electron chi connectivity index (χ2n) is 7.01.